The summed E-state index contributed by atoms with van der Waals surface area (Å²) in [6, 6.07) is -5.74. The van der Waals surface area contributed by atoms with Gasteiger partial charge in [0.05, 0.1) is 12.8 Å². The summed E-state index contributed by atoms with van der Waals surface area (Å²) in [7, 11) is 0. The zero-order valence-corrected chi connectivity index (χ0v) is 11.4. The molecule has 5 N–H and O–H groups in total. The maximum absolute atomic E-state index is 11.2. The molecule has 22 heavy (non-hydrogen) atoms. The molecular formula is C11H15NO10. The first-order valence-corrected chi connectivity index (χ1v) is 5.88. The molecule has 0 rings (SSSR count). The van der Waals surface area contributed by atoms with E-state index in [-0.39, 0.29) is 0 Å². The van der Waals surface area contributed by atoms with Crippen LogP contribution in [0.2, 0.25) is 0 Å². The van der Waals surface area contributed by atoms with E-state index < -0.39 is 60.8 Å². The third-order valence-corrected chi connectivity index (χ3v) is 2.83. The SMILES string of the molecule is CC(C(=O)O)N(C(CC(=O)O)C(=O)O)C(CC(=O)O)C(=O)O. The highest BCUT2D eigenvalue weighted by atomic mass is 16.4. The van der Waals surface area contributed by atoms with E-state index in [9.17, 15) is 24.0 Å². The minimum Gasteiger partial charge on any atom is -0.481 e. The smallest absolute Gasteiger partial charge is 0.321 e. The molecule has 0 fully saturated rings. The molecule has 11 heteroatoms. The van der Waals surface area contributed by atoms with Crippen LogP contribution in [-0.2, 0) is 24.0 Å². The van der Waals surface area contributed by atoms with Gasteiger partial charge < -0.3 is 25.5 Å². The Morgan fingerprint density at radius 2 is 1.05 bits per heavy atom. The second-order valence-corrected chi connectivity index (χ2v) is 4.37. The Morgan fingerprint density at radius 1 is 0.727 bits per heavy atom. The number of carboxylic acids is 5. The molecule has 0 heterocycles. The quantitative estimate of drug-likeness (QED) is 0.318. The zero-order valence-electron chi connectivity index (χ0n) is 11.4. The fraction of sp³-hybridized carbons (Fsp3) is 0.545. The normalized spacial score (nSPS) is 14.8. The van der Waals surface area contributed by atoms with Crippen molar-refractivity contribution in [1.29, 1.82) is 0 Å². The second-order valence-electron chi connectivity index (χ2n) is 4.37. The number of carbonyl (C=O) groups is 5. The van der Waals surface area contributed by atoms with Gasteiger partial charge in [0.2, 0.25) is 0 Å². The number of rotatable bonds is 10. The predicted octanol–water partition coefficient (Wildman–Crippen LogP) is -1.38. The van der Waals surface area contributed by atoms with Crippen molar-refractivity contribution in [2.45, 2.75) is 37.9 Å². The lowest BCUT2D eigenvalue weighted by Gasteiger charge is -2.35. The number of carboxylic acid groups (broad SMARTS) is 5. The summed E-state index contributed by atoms with van der Waals surface area (Å²) >= 11 is 0. The van der Waals surface area contributed by atoms with Gasteiger partial charge in [0.15, 0.2) is 0 Å². The first-order valence-electron chi connectivity index (χ1n) is 5.88. The highest BCUT2D eigenvalue weighted by Crippen LogP contribution is 2.18. The first kappa shape index (κ1) is 19.3. The summed E-state index contributed by atoms with van der Waals surface area (Å²) in [5.41, 5.74) is 0. The lowest BCUT2D eigenvalue weighted by atomic mass is 10.0. The minimum atomic E-state index is -2.01. The van der Waals surface area contributed by atoms with E-state index >= 15 is 0 Å². The summed E-state index contributed by atoms with van der Waals surface area (Å²) in [5, 5.41) is 44.5. The number of hydrogen-bond donors (Lipinski definition) is 5. The lowest BCUT2D eigenvalue weighted by Crippen LogP contribution is -2.58. The fourth-order valence-electron chi connectivity index (χ4n) is 1.86. The van der Waals surface area contributed by atoms with Gasteiger partial charge in [-0.15, -0.1) is 0 Å². The van der Waals surface area contributed by atoms with Crippen molar-refractivity contribution in [3.05, 3.63) is 0 Å². The average Bonchev–Trinajstić information content (AvgIpc) is 2.34. The van der Waals surface area contributed by atoms with Crippen molar-refractivity contribution in [3.8, 4) is 0 Å². The third kappa shape index (κ3) is 5.36. The maximum atomic E-state index is 11.2. The van der Waals surface area contributed by atoms with Crippen molar-refractivity contribution in [2.24, 2.45) is 0 Å². The predicted molar refractivity (Wildman–Crippen MR) is 66.3 cm³/mol. The van der Waals surface area contributed by atoms with E-state index in [0.29, 0.717) is 4.90 Å². The summed E-state index contributed by atoms with van der Waals surface area (Å²) in [4.78, 5) is 55.2. The van der Waals surface area contributed by atoms with Gasteiger partial charge in [-0.25, -0.2) is 0 Å². The van der Waals surface area contributed by atoms with Crippen molar-refractivity contribution in [1.82, 2.24) is 4.90 Å². The molecule has 0 aliphatic heterocycles. The van der Waals surface area contributed by atoms with Gasteiger partial charge in [-0.05, 0) is 6.92 Å². The highest BCUT2D eigenvalue weighted by molar-refractivity contribution is 5.86. The molecule has 0 amide bonds. The second kappa shape index (κ2) is 7.93. The standard InChI is InChI=1S/C11H15NO10/c1-4(9(17)18)12(5(10(19)20)2-7(13)14)6(11(21)22)3-8(15)16/h4-6H,2-3H2,1H3,(H,13,14)(H,15,16)(H,17,18)(H,19,20)(H,21,22). The Hall–Kier alpha value is -2.69. The molecule has 0 aliphatic rings. The molecule has 0 aliphatic carbocycles. The Kier molecular flexibility index (Phi) is 6.96. The van der Waals surface area contributed by atoms with Crippen LogP contribution in [0, 0.1) is 0 Å². The van der Waals surface area contributed by atoms with Crippen LogP contribution in [0.15, 0.2) is 0 Å². The molecule has 124 valence electrons. The van der Waals surface area contributed by atoms with E-state index in [4.69, 9.17) is 25.5 Å². The molecule has 0 saturated heterocycles. The van der Waals surface area contributed by atoms with Crippen molar-refractivity contribution in [3.63, 3.8) is 0 Å². The molecule has 0 saturated carbocycles. The van der Waals surface area contributed by atoms with Crippen LogP contribution in [0.5, 0.6) is 0 Å². The van der Waals surface area contributed by atoms with Gasteiger partial charge in [0.25, 0.3) is 0 Å². The first-order chi connectivity index (χ1) is 9.98. The summed E-state index contributed by atoms with van der Waals surface area (Å²) in [5.74, 6) is -8.36. The number of nitrogens with zero attached hydrogens (tertiary/aromatic N) is 1. The van der Waals surface area contributed by atoms with Gasteiger partial charge in [-0.3, -0.25) is 28.9 Å². The largest absolute Gasteiger partial charge is 0.481 e. The summed E-state index contributed by atoms with van der Waals surface area (Å²) in [6.07, 6.45) is -2.17. The summed E-state index contributed by atoms with van der Waals surface area (Å²) < 4.78 is 0. The van der Waals surface area contributed by atoms with Crippen molar-refractivity contribution < 1.29 is 49.5 Å². The molecule has 0 bridgehead atoms. The fourth-order valence-corrected chi connectivity index (χ4v) is 1.86. The van der Waals surface area contributed by atoms with E-state index in [2.05, 4.69) is 0 Å². The average molecular weight is 321 g/mol. The van der Waals surface area contributed by atoms with Crippen LogP contribution in [0.4, 0.5) is 0 Å². The Morgan fingerprint density at radius 3 is 1.23 bits per heavy atom. The van der Waals surface area contributed by atoms with Crippen molar-refractivity contribution in [2.75, 3.05) is 0 Å². The van der Waals surface area contributed by atoms with Crippen LogP contribution in [0.25, 0.3) is 0 Å². The van der Waals surface area contributed by atoms with Crippen LogP contribution in [-0.4, -0.2) is 78.4 Å². The van der Waals surface area contributed by atoms with E-state index in [1.165, 1.54) is 0 Å². The molecule has 3 unspecified atom stereocenters. The van der Waals surface area contributed by atoms with Gasteiger partial charge in [0.1, 0.15) is 18.1 Å². The van der Waals surface area contributed by atoms with Gasteiger partial charge in [-0.1, -0.05) is 0 Å². The van der Waals surface area contributed by atoms with Gasteiger partial charge >= 0.3 is 29.8 Å². The number of aliphatic carboxylic acids is 5. The molecule has 3 atom stereocenters. The van der Waals surface area contributed by atoms with Crippen LogP contribution < -0.4 is 0 Å². The van der Waals surface area contributed by atoms with Crippen LogP contribution in [0.1, 0.15) is 19.8 Å². The molecule has 0 radical (unpaired) electrons. The van der Waals surface area contributed by atoms with Crippen molar-refractivity contribution >= 4 is 29.8 Å². The Labute approximate surface area is 123 Å². The molecular weight excluding hydrogens is 306 g/mol. The summed E-state index contributed by atoms with van der Waals surface area (Å²) in [6.45, 7) is 0.942. The number of hydrogen-bond acceptors (Lipinski definition) is 6. The lowest BCUT2D eigenvalue weighted by molar-refractivity contribution is -0.164. The van der Waals surface area contributed by atoms with E-state index in [0.717, 1.165) is 6.92 Å². The maximum Gasteiger partial charge on any atom is 0.321 e. The Balaban J connectivity index is 5.89. The van der Waals surface area contributed by atoms with Gasteiger partial charge in [0, 0.05) is 0 Å². The van der Waals surface area contributed by atoms with E-state index in [1.807, 2.05) is 0 Å². The monoisotopic (exact) mass is 321 g/mol. The molecule has 0 aromatic rings. The molecule has 0 spiro atoms. The molecule has 11 nitrogen and oxygen atoms in total. The van der Waals surface area contributed by atoms with Crippen LogP contribution in [0.3, 0.4) is 0 Å². The van der Waals surface area contributed by atoms with Crippen LogP contribution >= 0.6 is 0 Å². The zero-order chi connectivity index (χ0) is 17.6. The molecule has 0 aromatic carbocycles. The minimum absolute atomic E-state index is 0.356. The van der Waals surface area contributed by atoms with E-state index in [1.54, 1.807) is 0 Å². The Bertz CT molecular complexity index is 453. The highest BCUT2D eigenvalue weighted by Gasteiger charge is 2.42. The third-order valence-electron chi connectivity index (χ3n) is 2.83. The topological polar surface area (TPSA) is 190 Å². The molecule has 0 aromatic heterocycles. The van der Waals surface area contributed by atoms with Gasteiger partial charge in [-0.2, -0.15) is 0 Å².